The summed E-state index contributed by atoms with van der Waals surface area (Å²) in [5, 5.41) is 14.0. The van der Waals surface area contributed by atoms with Gasteiger partial charge in [0.25, 0.3) is 5.69 Å². The van der Waals surface area contributed by atoms with Crippen molar-refractivity contribution >= 4 is 21.7 Å². The highest BCUT2D eigenvalue weighted by molar-refractivity contribution is 7.89. The van der Waals surface area contributed by atoms with Crippen molar-refractivity contribution in [3.8, 4) is 0 Å². The number of nitrogens with zero attached hydrogens (tertiary/aromatic N) is 3. The zero-order chi connectivity index (χ0) is 20.9. The van der Waals surface area contributed by atoms with E-state index in [-0.39, 0.29) is 17.1 Å². The average molecular weight is 417 g/mol. The molecule has 1 aliphatic rings. The first kappa shape index (κ1) is 20.7. The molecule has 154 valence electrons. The van der Waals surface area contributed by atoms with Gasteiger partial charge in [0.15, 0.2) is 5.96 Å². The van der Waals surface area contributed by atoms with Crippen molar-refractivity contribution in [1.82, 2.24) is 14.9 Å². The summed E-state index contributed by atoms with van der Waals surface area (Å²) in [6.07, 6.45) is 0.927. The Bertz CT molecular complexity index is 1020. The summed E-state index contributed by atoms with van der Waals surface area (Å²) in [7, 11) is -2.14. The van der Waals surface area contributed by atoms with Crippen LogP contribution in [0.4, 0.5) is 5.69 Å². The minimum atomic E-state index is -3.83. The second-order valence-corrected chi connectivity index (χ2v) is 8.33. The Morgan fingerprint density at radius 3 is 2.66 bits per heavy atom. The van der Waals surface area contributed by atoms with Gasteiger partial charge in [-0.2, -0.15) is 0 Å². The molecule has 0 bridgehead atoms. The van der Waals surface area contributed by atoms with Crippen LogP contribution in [0, 0.1) is 10.1 Å². The highest BCUT2D eigenvalue weighted by Gasteiger charge is 2.19. The molecule has 10 heteroatoms. The van der Waals surface area contributed by atoms with Gasteiger partial charge in [0.05, 0.1) is 9.82 Å². The van der Waals surface area contributed by atoms with Gasteiger partial charge in [-0.25, -0.2) is 13.1 Å². The second kappa shape index (κ2) is 9.01. The molecule has 0 saturated heterocycles. The molecule has 1 heterocycles. The summed E-state index contributed by atoms with van der Waals surface area (Å²) < 4.78 is 27.2. The van der Waals surface area contributed by atoms with E-state index < -0.39 is 14.9 Å². The number of hydrogen-bond acceptors (Lipinski definition) is 5. The van der Waals surface area contributed by atoms with Crippen LogP contribution in [0.25, 0.3) is 0 Å². The number of non-ortho nitro benzene ring substituents is 1. The number of fused-ring (bicyclic) bond motifs is 1. The molecule has 0 unspecified atom stereocenters. The molecule has 9 nitrogen and oxygen atoms in total. The first-order valence-corrected chi connectivity index (χ1v) is 10.7. The number of hydrogen-bond donors (Lipinski definition) is 2. The molecule has 0 aromatic heterocycles. The minimum Gasteiger partial charge on any atom is -0.355 e. The maximum Gasteiger partial charge on any atom is 0.270 e. The van der Waals surface area contributed by atoms with E-state index in [0.717, 1.165) is 25.6 Å². The molecule has 3 rings (SSSR count). The number of rotatable bonds is 6. The fraction of sp³-hybridized carbons (Fsp3) is 0.316. The maximum atomic E-state index is 12.4. The zero-order valence-electron chi connectivity index (χ0n) is 16.0. The number of guanidine groups is 1. The lowest BCUT2D eigenvalue weighted by atomic mass is 10.0. The van der Waals surface area contributed by atoms with Crippen molar-refractivity contribution in [2.45, 2.75) is 17.9 Å². The van der Waals surface area contributed by atoms with Crippen LogP contribution in [0.1, 0.15) is 11.1 Å². The number of sulfonamides is 1. The number of nitrogens with one attached hydrogen (secondary N) is 2. The largest absolute Gasteiger partial charge is 0.355 e. The van der Waals surface area contributed by atoms with E-state index in [1.165, 1.54) is 29.3 Å². The molecule has 2 aromatic carbocycles. The van der Waals surface area contributed by atoms with Gasteiger partial charge in [0.2, 0.25) is 10.0 Å². The fourth-order valence-electron chi connectivity index (χ4n) is 3.22. The van der Waals surface area contributed by atoms with Crippen LogP contribution in [0.5, 0.6) is 0 Å². The molecule has 0 aliphatic carbocycles. The topological polar surface area (TPSA) is 117 Å². The van der Waals surface area contributed by atoms with Gasteiger partial charge in [-0.15, -0.1) is 0 Å². The molecule has 0 spiro atoms. The van der Waals surface area contributed by atoms with E-state index in [0.29, 0.717) is 12.5 Å². The SMILES string of the molecule is CN=C(NCCNS(=O)(=O)c1cccc([N+](=O)[O-])c1)N1CCc2ccccc2C1. The van der Waals surface area contributed by atoms with Crippen molar-refractivity contribution in [2.24, 2.45) is 4.99 Å². The molecular formula is C19H23N5O4S. The zero-order valence-corrected chi connectivity index (χ0v) is 16.9. The molecule has 0 fully saturated rings. The summed E-state index contributed by atoms with van der Waals surface area (Å²) >= 11 is 0. The summed E-state index contributed by atoms with van der Waals surface area (Å²) in [5.41, 5.74) is 2.33. The number of aliphatic imine (C=N–C) groups is 1. The Morgan fingerprint density at radius 2 is 1.93 bits per heavy atom. The summed E-state index contributed by atoms with van der Waals surface area (Å²) in [6.45, 7) is 2.03. The van der Waals surface area contributed by atoms with Crippen LogP contribution in [0.15, 0.2) is 58.4 Å². The smallest absolute Gasteiger partial charge is 0.270 e. The van der Waals surface area contributed by atoms with Crippen molar-refractivity contribution in [2.75, 3.05) is 26.7 Å². The third-order valence-corrected chi connectivity index (χ3v) is 6.14. The van der Waals surface area contributed by atoms with Crippen LogP contribution in [-0.2, 0) is 23.0 Å². The molecule has 1 aliphatic heterocycles. The van der Waals surface area contributed by atoms with Crippen molar-refractivity contribution < 1.29 is 13.3 Å². The molecule has 2 N–H and O–H groups in total. The molecule has 29 heavy (non-hydrogen) atoms. The monoisotopic (exact) mass is 417 g/mol. The van der Waals surface area contributed by atoms with E-state index in [9.17, 15) is 18.5 Å². The van der Waals surface area contributed by atoms with Crippen LogP contribution in [-0.4, -0.2) is 50.9 Å². The number of nitro groups is 1. The van der Waals surface area contributed by atoms with E-state index >= 15 is 0 Å². The maximum absolute atomic E-state index is 12.4. The number of benzene rings is 2. The van der Waals surface area contributed by atoms with Gasteiger partial charge < -0.3 is 10.2 Å². The Balaban J connectivity index is 1.54. The van der Waals surface area contributed by atoms with Gasteiger partial charge in [0, 0.05) is 45.4 Å². The lowest BCUT2D eigenvalue weighted by Crippen LogP contribution is -2.46. The molecule has 0 amide bonds. The average Bonchev–Trinajstić information content (AvgIpc) is 2.73. The lowest BCUT2D eigenvalue weighted by molar-refractivity contribution is -0.385. The quantitative estimate of drug-likeness (QED) is 0.242. The normalized spacial score (nSPS) is 14.4. The van der Waals surface area contributed by atoms with E-state index in [1.54, 1.807) is 7.05 Å². The third-order valence-electron chi connectivity index (χ3n) is 4.68. The predicted molar refractivity (Wildman–Crippen MR) is 110 cm³/mol. The molecule has 2 aromatic rings. The minimum absolute atomic E-state index is 0.120. The van der Waals surface area contributed by atoms with Gasteiger partial charge >= 0.3 is 0 Å². The first-order valence-electron chi connectivity index (χ1n) is 9.17. The Labute approximate surface area is 169 Å². The summed E-state index contributed by atoms with van der Waals surface area (Å²) in [4.78, 5) is 16.5. The van der Waals surface area contributed by atoms with Crippen molar-refractivity contribution in [3.63, 3.8) is 0 Å². The van der Waals surface area contributed by atoms with Gasteiger partial charge in [-0.1, -0.05) is 30.3 Å². The Kier molecular flexibility index (Phi) is 6.45. The van der Waals surface area contributed by atoms with E-state index in [4.69, 9.17) is 0 Å². The Hall–Kier alpha value is -2.98. The number of nitro benzene ring substituents is 1. The Morgan fingerprint density at radius 1 is 1.17 bits per heavy atom. The van der Waals surface area contributed by atoms with Gasteiger partial charge in [0.1, 0.15) is 0 Å². The molecule has 0 atom stereocenters. The lowest BCUT2D eigenvalue weighted by Gasteiger charge is -2.31. The third kappa shape index (κ3) is 5.09. The highest BCUT2D eigenvalue weighted by Crippen LogP contribution is 2.18. The van der Waals surface area contributed by atoms with Crippen LogP contribution in [0.3, 0.4) is 0 Å². The molecular weight excluding hydrogens is 394 g/mol. The summed E-state index contributed by atoms with van der Waals surface area (Å²) in [5.74, 6) is 0.703. The van der Waals surface area contributed by atoms with Gasteiger partial charge in [-0.05, 0) is 23.6 Å². The van der Waals surface area contributed by atoms with Crippen LogP contribution in [0.2, 0.25) is 0 Å². The second-order valence-electron chi connectivity index (χ2n) is 6.57. The first-order chi connectivity index (χ1) is 13.9. The highest BCUT2D eigenvalue weighted by atomic mass is 32.2. The van der Waals surface area contributed by atoms with Crippen molar-refractivity contribution in [1.29, 1.82) is 0 Å². The van der Waals surface area contributed by atoms with E-state index in [2.05, 4.69) is 32.1 Å². The molecule has 0 saturated carbocycles. The summed E-state index contributed by atoms with van der Waals surface area (Å²) in [6, 6.07) is 13.2. The van der Waals surface area contributed by atoms with Crippen molar-refractivity contribution in [3.05, 3.63) is 69.8 Å². The van der Waals surface area contributed by atoms with Crippen LogP contribution >= 0.6 is 0 Å². The predicted octanol–water partition coefficient (Wildman–Crippen LogP) is 1.51. The van der Waals surface area contributed by atoms with Gasteiger partial charge in [-0.3, -0.25) is 15.1 Å². The standard InChI is InChI=1S/C19H23N5O4S/c1-20-19(23-12-9-15-5-2-3-6-16(15)14-23)21-10-11-22-29(27,28)18-8-4-7-17(13-18)24(25)26/h2-8,13,22H,9-12,14H2,1H3,(H,20,21). The fourth-order valence-corrected chi connectivity index (χ4v) is 4.29. The van der Waals surface area contributed by atoms with Crippen LogP contribution < -0.4 is 10.0 Å². The molecule has 0 radical (unpaired) electrons. The van der Waals surface area contributed by atoms with E-state index in [1.807, 2.05) is 12.1 Å².